The number of nitrogens with zero attached hydrogens (tertiary/aromatic N) is 2. The number of likely N-dealkylation sites (N-methyl/N-ethyl adjacent to an activating group) is 1. The van der Waals surface area contributed by atoms with Crippen LogP contribution in [0.15, 0.2) is 29.6 Å². The molecule has 2 amide bonds. The van der Waals surface area contributed by atoms with E-state index in [9.17, 15) is 14.4 Å². The Morgan fingerprint density at radius 3 is 2.38 bits per heavy atom. The molecule has 1 aliphatic carbocycles. The first-order chi connectivity index (χ1) is 19.4. The second-order valence-electron chi connectivity index (χ2n) is 10.3. The largest absolute Gasteiger partial charge is 0.343 e. The molecule has 0 bridgehead atoms. The quantitative estimate of drug-likeness (QED) is 0.336. The minimum atomic E-state index is -0.508. The fourth-order valence-corrected chi connectivity index (χ4v) is 6.38. The van der Waals surface area contributed by atoms with Gasteiger partial charge in [-0.25, -0.2) is 4.98 Å². The van der Waals surface area contributed by atoms with E-state index in [0.29, 0.717) is 23.7 Å². The molecule has 2 N–H and O–H groups in total. The summed E-state index contributed by atoms with van der Waals surface area (Å²) in [4.78, 5) is 46.1. The second kappa shape index (κ2) is 17.3. The Bertz CT molecular complexity index is 1080. The summed E-state index contributed by atoms with van der Waals surface area (Å²) in [5.74, 6) is 0.252. The van der Waals surface area contributed by atoms with Crippen molar-refractivity contribution in [3.63, 3.8) is 0 Å². The van der Waals surface area contributed by atoms with Gasteiger partial charge in [0.1, 0.15) is 16.7 Å². The summed E-state index contributed by atoms with van der Waals surface area (Å²) in [6, 6.07) is 7.07. The third-order valence-corrected chi connectivity index (χ3v) is 8.38. The number of aromatic nitrogens is 1. The first-order valence-corrected chi connectivity index (χ1v) is 16.1. The van der Waals surface area contributed by atoms with Crippen LogP contribution in [0.1, 0.15) is 125 Å². The van der Waals surface area contributed by atoms with E-state index in [1.807, 2.05) is 62.2 Å². The van der Waals surface area contributed by atoms with E-state index in [2.05, 4.69) is 24.5 Å². The van der Waals surface area contributed by atoms with Crippen molar-refractivity contribution < 1.29 is 14.4 Å². The zero-order valence-corrected chi connectivity index (χ0v) is 26.4. The van der Waals surface area contributed by atoms with Gasteiger partial charge in [0.2, 0.25) is 17.6 Å². The molecular formula is C32H50N4O3S. The third kappa shape index (κ3) is 8.71. The lowest BCUT2D eigenvalue weighted by Crippen LogP contribution is -2.53. The van der Waals surface area contributed by atoms with Gasteiger partial charge < -0.3 is 15.5 Å². The van der Waals surface area contributed by atoms with Gasteiger partial charge in [0.15, 0.2) is 0 Å². The number of amides is 2. The van der Waals surface area contributed by atoms with Gasteiger partial charge in [-0.3, -0.25) is 14.4 Å². The molecule has 1 saturated heterocycles. The molecule has 2 heterocycles. The summed E-state index contributed by atoms with van der Waals surface area (Å²) >= 11 is 1.45. The number of thiazole rings is 1. The zero-order valence-electron chi connectivity index (χ0n) is 25.6. The Kier molecular flexibility index (Phi) is 14.5. The molecule has 2 unspecified atom stereocenters. The summed E-state index contributed by atoms with van der Waals surface area (Å²) in [5, 5.41) is 8.52. The Morgan fingerprint density at radius 1 is 1.02 bits per heavy atom. The minimum Gasteiger partial charge on any atom is -0.343 e. The summed E-state index contributed by atoms with van der Waals surface area (Å²) in [7, 11) is 1.73. The summed E-state index contributed by atoms with van der Waals surface area (Å²) in [5.41, 5.74) is 2.20. The fourth-order valence-electron chi connectivity index (χ4n) is 5.43. The molecule has 4 rings (SSSR count). The molecule has 1 aliphatic heterocycles. The van der Waals surface area contributed by atoms with Gasteiger partial charge in [-0.2, -0.15) is 0 Å². The Hall–Kier alpha value is -2.58. The van der Waals surface area contributed by atoms with Crippen LogP contribution < -0.4 is 10.6 Å². The lowest BCUT2D eigenvalue weighted by Gasteiger charge is -2.34. The van der Waals surface area contributed by atoms with E-state index in [1.165, 1.54) is 17.8 Å². The van der Waals surface area contributed by atoms with E-state index >= 15 is 0 Å². The Balaban J connectivity index is 0.00000134. The molecule has 40 heavy (non-hydrogen) atoms. The lowest BCUT2D eigenvalue weighted by molar-refractivity contribution is -0.139. The highest BCUT2D eigenvalue weighted by Gasteiger charge is 2.39. The van der Waals surface area contributed by atoms with E-state index < -0.39 is 6.04 Å². The maximum Gasteiger partial charge on any atom is 0.246 e. The van der Waals surface area contributed by atoms with Gasteiger partial charge in [-0.05, 0) is 56.2 Å². The molecule has 8 heteroatoms. The SMILES string of the molecule is CC.CC.CNCC(=O)NC(C(=O)N1CCCC1c1nc(C(=O)c2cccc(C(C)C)c2)cs1)C1CCCCC1. The van der Waals surface area contributed by atoms with E-state index in [-0.39, 0.29) is 36.1 Å². The van der Waals surface area contributed by atoms with Crippen molar-refractivity contribution in [2.75, 3.05) is 20.1 Å². The molecule has 2 aliphatic rings. The standard InChI is InChI=1S/C28H38N4O3S.2C2H6/c1-18(2)20-11-7-12-21(15-20)26(34)22-17-36-27(30-22)23-13-8-14-32(23)28(35)25(31-24(33)16-29-3)19-9-5-4-6-10-19;2*1-2/h7,11-12,15,17-19,23,25,29H,4-6,8-10,13-14,16H2,1-3H3,(H,31,33);2*1-2H3. The number of rotatable bonds is 9. The van der Waals surface area contributed by atoms with Crippen LogP contribution in [0.5, 0.6) is 0 Å². The summed E-state index contributed by atoms with van der Waals surface area (Å²) < 4.78 is 0. The first-order valence-electron chi connectivity index (χ1n) is 15.2. The predicted octanol–water partition coefficient (Wildman–Crippen LogP) is 6.50. The van der Waals surface area contributed by atoms with Crippen molar-refractivity contribution in [1.29, 1.82) is 0 Å². The highest BCUT2D eigenvalue weighted by atomic mass is 32.1. The number of benzene rings is 1. The van der Waals surface area contributed by atoms with Crippen LogP contribution in [0.4, 0.5) is 0 Å². The number of ketones is 1. The lowest BCUT2D eigenvalue weighted by atomic mass is 9.83. The fraction of sp³-hybridized carbons (Fsp3) is 0.625. The average molecular weight is 571 g/mol. The topological polar surface area (TPSA) is 91.4 Å². The third-order valence-electron chi connectivity index (χ3n) is 7.43. The second-order valence-corrected chi connectivity index (χ2v) is 11.2. The van der Waals surface area contributed by atoms with Crippen molar-refractivity contribution in [3.05, 3.63) is 51.5 Å². The molecule has 1 saturated carbocycles. The number of hydrogen-bond donors (Lipinski definition) is 2. The number of carbonyl (C=O) groups excluding carboxylic acids is 3. The van der Waals surface area contributed by atoms with Crippen molar-refractivity contribution in [2.24, 2.45) is 5.92 Å². The van der Waals surface area contributed by atoms with Gasteiger partial charge in [-0.1, -0.05) is 79.0 Å². The normalized spacial score (nSPS) is 17.8. The smallest absolute Gasteiger partial charge is 0.246 e. The maximum atomic E-state index is 13.8. The van der Waals surface area contributed by atoms with Crippen LogP contribution >= 0.6 is 11.3 Å². The van der Waals surface area contributed by atoms with Crippen LogP contribution in [-0.4, -0.2) is 53.7 Å². The van der Waals surface area contributed by atoms with E-state index in [1.54, 1.807) is 7.05 Å². The summed E-state index contributed by atoms with van der Waals surface area (Å²) in [6.45, 7) is 13.1. The van der Waals surface area contributed by atoms with E-state index in [0.717, 1.165) is 49.1 Å². The minimum absolute atomic E-state index is 0.0124. The average Bonchev–Trinajstić information content (AvgIpc) is 3.68. The molecule has 2 fully saturated rings. The molecule has 1 aromatic carbocycles. The van der Waals surface area contributed by atoms with Crippen LogP contribution in [0.3, 0.4) is 0 Å². The summed E-state index contributed by atoms with van der Waals surface area (Å²) in [6.07, 6.45) is 6.99. The number of likely N-dealkylation sites (tertiary alicyclic amines) is 1. The van der Waals surface area contributed by atoms with Crippen molar-refractivity contribution in [2.45, 2.75) is 104 Å². The monoisotopic (exact) mass is 570 g/mol. The molecular weight excluding hydrogens is 520 g/mol. The van der Waals surface area contributed by atoms with Gasteiger partial charge in [-0.15, -0.1) is 11.3 Å². The molecule has 2 aromatic rings. The molecule has 7 nitrogen and oxygen atoms in total. The molecule has 2 atom stereocenters. The highest BCUT2D eigenvalue weighted by molar-refractivity contribution is 7.10. The van der Waals surface area contributed by atoms with Crippen LogP contribution in [0.2, 0.25) is 0 Å². The van der Waals surface area contributed by atoms with Gasteiger partial charge >= 0.3 is 0 Å². The number of carbonyl (C=O) groups is 3. The Morgan fingerprint density at radius 2 is 1.73 bits per heavy atom. The van der Waals surface area contributed by atoms with Gasteiger partial charge in [0.25, 0.3) is 0 Å². The molecule has 0 radical (unpaired) electrons. The molecule has 0 spiro atoms. The number of hydrogen-bond acceptors (Lipinski definition) is 6. The van der Waals surface area contributed by atoms with Crippen molar-refractivity contribution in [1.82, 2.24) is 20.5 Å². The predicted molar refractivity (Wildman–Crippen MR) is 165 cm³/mol. The van der Waals surface area contributed by atoms with Crippen LogP contribution in [-0.2, 0) is 9.59 Å². The van der Waals surface area contributed by atoms with Crippen LogP contribution in [0, 0.1) is 5.92 Å². The first kappa shape index (κ1) is 33.6. The van der Waals surface area contributed by atoms with Crippen molar-refractivity contribution in [3.8, 4) is 0 Å². The molecule has 1 aromatic heterocycles. The Labute approximate surface area is 245 Å². The van der Waals surface area contributed by atoms with Crippen molar-refractivity contribution >= 4 is 28.9 Å². The van der Waals surface area contributed by atoms with Gasteiger partial charge in [0.05, 0.1) is 12.6 Å². The highest BCUT2D eigenvalue weighted by Crippen LogP contribution is 2.36. The zero-order chi connectivity index (χ0) is 29.7. The van der Waals surface area contributed by atoms with Gasteiger partial charge in [0, 0.05) is 17.5 Å². The molecule has 222 valence electrons. The van der Waals surface area contributed by atoms with E-state index in [4.69, 9.17) is 4.98 Å². The maximum absolute atomic E-state index is 13.8. The van der Waals surface area contributed by atoms with Crippen LogP contribution in [0.25, 0.3) is 0 Å². The number of nitrogens with one attached hydrogen (secondary N) is 2.